The molecule has 0 spiro atoms. The van der Waals surface area contributed by atoms with Gasteiger partial charge in [-0.15, -0.1) is 0 Å². The fourth-order valence-corrected chi connectivity index (χ4v) is 1.75. The van der Waals surface area contributed by atoms with Crippen molar-refractivity contribution >= 4 is 23.4 Å². The molecule has 0 fully saturated rings. The molecule has 22 heavy (non-hydrogen) atoms. The number of halogens is 2. The number of hydrogen-bond acceptors (Lipinski definition) is 4. The quantitative estimate of drug-likeness (QED) is 0.928. The van der Waals surface area contributed by atoms with E-state index in [1.165, 1.54) is 18.2 Å². The third-order valence-electron chi connectivity index (χ3n) is 2.80. The van der Waals surface area contributed by atoms with Crippen LogP contribution >= 0.6 is 11.6 Å². The zero-order valence-corrected chi connectivity index (χ0v) is 13.2. The van der Waals surface area contributed by atoms with Gasteiger partial charge in [0.1, 0.15) is 11.6 Å². The van der Waals surface area contributed by atoms with Gasteiger partial charge in [-0.3, -0.25) is 10.1 Å². The number of nitrogens with one attached hydrogen (secondary N) is 1. The molecule has 0 radical (unpaired) electrons. The Bertz CT molecular complexity index is 680. The Labute approximate surface area is 132 Å². The van der Waals surface area contributed by atoms with Crippen LogP contribution in [0.2, 0.25) is 5.02 Å². The Morgan fingerprint density at radius 3 is 2.73 bits per heavy atom. The highest BCUT2D eigenvalue weighted by Gasteiger charge is 2.19. The molecule has 5 nitrogen and oxygen atoms in total. The minimum absolute atomic E-state index is 0.0667. The molecule has 1 heterocycles. The summed E-state index contributed by atoms with van der Waals surface area (Å²) in [6, 6.07) is 5.52. The summed E-state index contributed by atoms with van der Waals surface area (Å²) in [6.45, 7) is 5.70. The van der Waals surface area contributed by atoms with Crippen molar-refractivity contribution in [3.8, 4) is 5.75 Å². The maximum atomic E-state index is 13.0. The first kappa shape index (κ1) is 16.3. The topological polar surface area (TPSA) is 64.4 Å². The van der Waals surface area contributed by atoms with Crippen LogP contribution in [0, 0.1) is 5.82 Å². The molecule has 0 aliphatic rings. The summed E-state index contributed by atoms with van der Waals surface area (Å²) in [5.41, 5.74) is 0.558. The van der Waals surface area contributed by atoms with Crippen molar-refractivity contribution < 1.29 is 18.4 Å². The second-order valence-electron chi connectivity index (χ2n) is 5.74. The highest BCUT2D eigenvalue weighted by molar-refractivity contribution is 6.30. The fraction of sp³-hybridized carbons (Fsp3) is 0.333. The van der Waals surface area contributed by atoms with Gasteiger partial charge in [0.05, 0.1) is 10.7 Å². The molecule has 1 aromatic carbocycles. The SMILES string of the molecule is CC(C)(C)c1cc(NC(=O)COc2ccc(F)c(Cl)c2)on1. The van der Waals surface area contributed by atoms with Gasteiger partial charge in [-0.05, 0) is 12.1 Å². The molecule has 1 amide bonds. The summed E-state index contributed by atoms with van der Waals surface area (Å²) >= 11 is 5.63. The van der Waals surface area contributed by atoms with Crippen LogP contribution in [0.3, 0.4) is 0 Å². The Hall–Kier alpha value is -2.08. The number of benzene rings is 1. The van der Waals surface area contributed by atoms with Gasteiger partial charge in [0.25, 0.3) is 5.91 Å². The first-order chi connectivity index (χ1) is 10.3. The zero-order valence-electron chi connectivity index (χ0n) is 12.4. The van der Waals surface area contributed by atoms with E-state index in [4.69, 9.17) is 20.9 Å². The maximum absolute atomic E-state index is 13.0. The lowest BCUT2D eigenvalue weighted by Gasteiger charge is -2.12. The number of nitrogens with zero attached hydrogens (tertiary/aromatic N) is 1. The van der Waals surface area contributed by atoms with Crippen molar-refractivity contribution in [2.45, 2.75) is 26.2 Å². The zero-order chi connectivity index (χ0) is 16.3. The van der Waals surface area contributed by atoms with Crippen molar-refractivity contribution in [2.24, 2.45) is 0 Å². The van der Waals surface area contributed by atoms with Gasteiger partial charge in [-0.1, -0.05) is 37.5 Å². The van der Waals surface area contributed by atoms with Gasteiger partial charge < -0.3 is 9.26 Å². The van der Waals surface area contributed by atoms with Gasteiger partial charge in [0.2, 0.25) is 5.88 Å². The lowest BCUT2D eigenvalue weighted by atomic mass is 9.92. The highest BCUT2D eigenvalue weighted by Crippen LogP contribution is 2.24. The van der Waals surface area contributed by atoms with E-state index in [0.717, 1.165) is 5.69 Å². The molecule has 0 aliphatic carbocycles. The van der Waals surface area contributed by atoms with Crippen molar-refractivity contribution in [1.82, 2.24) is 5.16 Å². The summed E-state index contributed by atoms with van der Waals surface area (Å²) in [5, 5.41) is 6.35. The van der Waals surface area contributed by atoms with E-state index in [1.807, 2.05) is 20.8 Å². The van der Waals surface area contributed by atoms with E-state index in [2.05, 4.69) is 10.5 Å². The van der Waals surface area contributed by atoms with Gasteiger partial charge >= 0.3 is 0 Å². The molecule has 2 rings (SSSR count). The van der Waals surface area contributed by atoms with Gasteiger partial charge in [0.15, 0.2) is 6.61 Å². The van der Waals surface area contributed by atoms with Crippen molar-refractivity contribution in [3.05, 3.63) is 40.8 Å². The third kappa shape index (κ3) is 4.21. The first-order valence-corrected chi connectivity index (χ1v) is 6.98. The third-order valence-corrected chi connectivity index (χ3v) is 3.09. The Morgan fingerprint density at radius 2 is 2.14 bits per heavy atom. The van der Waals surface area contributed by atoms with Gasteiger partial charge in [-0.2, -0.15) is 0 Å². The fourth-order valence-electron chi connectivity index (χ4n) is 1.58. The minimum Gasteiger partial charge on any atom is -0.484 e. The molecule has 0 aliphatic heterocycles. The molecule has 0 unspecified atom stereocenters. The molecule has 1 N–H and O–H groups in total. The van der Waals surface area contributed by atoms with E-state index < -0.39 is 11.7 Å². The van der Waals surface area contributed by atoms with Crippen molar-refractivity contribution in [3.63, 3.8) is 0 Å². The molecule has 0 atom stereocenters. The molecular formula is C15H16ClFN2O3. The molecule has 2 aromatic rings. The number of carbonyl (C=O) groups excluding carboxylic acids is 1. The van der Waals surface area contributed by atoms with Crippen LogP contribution in [-0.2, 0) is 10.2 Å². The number of rotatable bonds is 4. The van der Waals surface area contributed by atoms with Gasteiger partial charge in [-0.25, -0.2) is 4.39 Å². The lowest BCUT2D eigenvalue weighted by Crippen LogP contribution is -2.20. The van der Waals surface area contributed by atoms with Crippen LogP contribution in [0.4, 0.5) is 10.3 Å². The summed E-state index contributed by atoms with van der Waals surface area (Å²) in [6.07, 6.45) is 0. The van der Waals surface area contributed by atoms with E-state index >= 15 is 0 Å². The minimum atomic E-state index is -0.546. The van der Waals surface area contributed by atoms with Crippen LogP contribution in [-0.4, -0.2) is 17.7 Å². The normalized spacial score (nSPS) is 11.3. The largest absolute Gasteiger partial charge is 0.484 e. The molecule has 0 saturated heterocycles. The summed E-state index contributed by atoms with van der Waals surface area (Å²) in [5.74, 6) is -0.419. The summed E-state index contributed by atoms with van der Waals surface area (Å²) in [4.78, 5) is 11.8. The second-order valence-corrected chi connectivity index (χ2v) is 6.15. The number of ether oxygens (including phenoxy) is 1. The number of amides is 1. The molecule has 118 valence electrons. The predicted octanol–water partition coefficient (Wildman–Crippen LogP) is 3.78. The van der Waals surface area contributed by atoms with E-state index in [9.17, 15) is 9.18 Å². The smallest absolute Gasteiger partial charge is 0.264 e. The van der Waals surface area contributed by atoms with Crippen LogP contribution in [0.25, 0.3) is 0 Å². The second kappa shape index (κ2) is 6.36. The highest BCUT2D eigenvalue weighted by atomic mass is 35.5. The Kier molecular flexibility index (Phi) is 4.71. The summed E-state index contributed by atoms with van der Waals surface area (Å²) in [7, 11) is 0. The monoisotopic (exact) mass is 326 g/mol. The number of carbonyl (C=O) groups is 1. The van der Waals surface area contributed by atoms with Crippen molar-refractivity contribution in [2.75, 3.05) is 11.9 Å². The van der Waals surface area contributed by atoms with Crippen molar-refractivity contribution in [1.29, 1.82) is 0 Å². The van der Waals surface area contributed by atoms with E-state index in [0.29, 0.717) is 5.75 Å². The number of hydrogen-bond donors (Lipinski definition) is 1. The number of anilines is 1. The average Bonchev–Trinajstić information content (AvgIpc) is 2.88. The Balaban J connectivity index is 1.90. The first-order valence-electron chi connectivity index (χ1n) is 6.60. The number of aromatic nitrogens is 1. The van der Waals surface area contributed by atoms with Crippen LogP contribution in [0.5, 0.6) is 5.75 Å². The van der Waals surface area contributed by atoms with E-state index in [1.54, 1.807) is 6.07 Å². The molecule has 7 heteroatoms. The van der Waals surface area contributed by atoms with Crippen LogP contribution in [0.15, 0.2) is 28.8 Å². The average molecular weight is 327 g/mol. The van der Waals surface area contributed by atoms with Crippen LogP contribution in [0.1, 0.15) is 26.5 Å². The predicted molar refractivity (Wildman–Crippen MR) is 80.7 cm³/mol. The molecule has 1 aromatic heterocycles. The standard InChI is InChI=1S/C15H16ClFN2O3/c1-15(2,3)12-7-14(22-19-12)18-13(20)8-21-9-4-5-11(17)10(16)6-9/h4-7H,8H2,1-3H3,(H,18,20). The van der Waals surface area contributed by atoms with Crippen LogP contribution < -0.4 is 10.1 Å². The molecular weight excluding hydrogens is 311 g/mol. The maximum Gasteiger partial charge on any atom is 0.264 e. The summed E-state index contributed by atoms with van der Waals surface area (Å²) < 4.78 is 23.3. The Morgan fingerprint density at radius 1 is 1.41 bits per heavy atom. The lowest BCUT2D eigenvalue weighted by molar-refractivity contribution is -0.118. The van der Waals surface area contributed by atoms with Gasteiger partial charge in [0, 0.05) is 17.5 Å². The molecule has 0 bridgehead atoms. The van der Waals surface area contributed by atoms with E-state index in [-0.39, 0.29) is 22.9 Å². The molecule has 0 saturated carbocycles.